The highest BCUT2D eigenvalue weighted by molar-refractivity contribution is 6.99. The Labute approximate surface area is 140 Å². The maximum absolute atomic E-state index is 6.81. The van der Waals surface area contributed by atoms with Crippen LogP contribution in [0.25, 0.3) is 0 Å². The van der Waals surface area contributed by atoms with Crippen LogP contribution in [0, 0.1) is 0 Å². The fourth-order valence-electron chi connectivity index (χ4n) is 3.32. The summed E-state index contributed by atoms with van der Waals surface area (Å²) >= 11 is 0. The van der Waals surface area contributed by atoms with Gasteiger partial charge in [-0.2, -0.15) is 0 Å². The molecule has 1 aliphatic rings. The summed E-state index contributed by atoms with van der Waals surface area (Å²) in [5.74, 6) is 0. The molecule has 122 valence electrons. The zero-order chi connectivity index (χ0) is 16.6. The van der Waals surface area contributed by atoms with Gasteiger partial charge in [-0.15, -0.1) is 0 Å². The third-order valence-corrected chi connectivity index (χ3v) is 9.87. The van der Waals surface area contributed by atoms with Gasteiger partial charge in [0, 0.05) is 5.54 Å². The molecule has 3 heteroatoms. The van der Waals surface area contributed by atoms with E-state index in [0.717, 1.165) is 12.8 Å². The average molecular weight is 326 g/mol. The lowest BCUT2D eigenvalue weighted by atomic mass is 10.2. The van der Waals surface area contributed by atoms with Crippen molar-refractivity contribution in [1.82, 2.24) is 0 Å². The number of benzene rings is 2. The molecule has 1 aliphatic carbocycles. The second kappa shape index (κ2) is 5.89. The summed E-state index contributed by atoms with van der Waals surface area (Å²) in [4.78, 5) is 0. The van der Waals surface area contributed by atoms with Crippen molar-refractivity contribution in [2.45, 2.75) is 44.2 Å². The molecule has 3 rings (SSSR count). The summed E-state index contributed by atoms with van der Waals surface area (Å²) in [5, 5.41) is 2.67. The van der Waals surface area contributed by atoms with Gasteiger partial charge in [-0.25, -0.2) is 0 Å². The van der Waals surface area contributed by atoms with E-state index in [4.69, 9.17) is 10.2 Å². The Morgan fingerprint density at radius 2 is 1.35 bits per heavy atom. The molecular formula is C20H27NOSi. The van der Waals surface area contributed by atoms with Crippen molar-refractivity contribution in [3.8, 4) is 0 Å². The Hall–Kier alpha value is -1.42. The zero-order valence-corrected chi connectivity index (χ0v) is 15.4. The number of hydrogen-bond donors (Lipinski definition) is 1. The lowest BCUT2D eigenvalue weighted by Crippen LogP contribution is -2.67. The highest BCUT2D eigenvalue weighted by Gasteiger charge is 2.52. The lowest BCUT2D eigenvalue weighted by molar-refractivity contribution is 0.263. The number of nitrogens with two attached hydrogens (primary N) is 1. The number of rotatable bonds is 5. The van der Waals surface area contributed by atoms with Gasteiger partial charge in [0.15, 0.2) is 0 Å². The van der Waals surface area contributed by atoms with Crippen molar-refractivity contribution in [3.05, 3.63) is 60.7 Å². The molecule has 0 saturated heterocycles. The molecule has 2 nitrogen and oxygen atoms in total. The summed E-state index contributed by atoms with van der Waals surface area (Å²) in [5.41, 5.74) is 6.25. The summed E-state index contributed by atoms with van der Waals surface area (Å²) in [6.07, 6.45) is 2.15. The molecule has 2 aromatic carbocycles. The fourth-order valence-corrected chi connectivity index (χ4v) is 7.98. The van der Waals surface area contributed by atoms with Gasteiger partial charge in [0.05, 0.1) is 6.61 Å². The summed E-state index contributed by atoms with van der Waals surface area (Å²) in [7, 11) is -2.40. The summed E-state index contributed by atoms with van der Waals surface area (Å²) in [6, 6.07) is 21.5. The standard InChI is InChI=1S/C20H27NOSi/c1-19(2,3)23(17-10-6-4-7-11-17,18-12-8-5-9-13-18)22-16-20(21)14-15-20/h4-13H,14-16,21H2,1-3H3. The second-order valence-electron chi connectivity index (χ2n) is 7.81. The van der Waals surface area contributed by atoms with Gasteiger partial charge in [-0.1, -0.05) is 81.4 Å². The molecule has 0 radical (unpaired) electrons. The molecule has 0 spiro atoms. The Kier molecular flexibility index (Phi) is 4.21. The van der Waals surface area contributed by atoms with Crippen LogP contribution in [0.4, 0.5) is 0 Å². The maximum atomic E-state index is 6.81. The molecule has 2 N–H and O–H groups in total. The molecule has 0 unspecified atom stereocenters. The normalized spacial score (nSPS) is 17.0. The van der Waals surface area contributed by atoms with Crippen molar-refractivity contribution in [1.29, 1.82) is 0 Å². The van der Waals surface area contributed by atoms with Crippen LogP contribution in [0.3, 0.4) is 0 Å². The predicted octanol–water partition coefficient (Wildman–Crippen LogP) is 3.05. The van der Waals surface area contributed by atoms with E-state index in [1.54, 1.807) is 0 Å². The van der Waals surface area contributed by atoms with Crippen LogP contribution in [0.2, 0.25) is 5.04 Å². The van der Waals surface area contributed by atoms with Gasteiger partial charge >= 0.3 is 0 Å². The van der Waals surface area contributed by atoms with Crippen LogP contribution in [0.1, 0.15) is 33.6 Å². The van der Waals surface area contributed by atoms with E-state index in [1.807, 2.05) is 0 Å². The molecule has 0 bridgehead atoms. The zero-order valence-electron chi connectivity index (χ0n) is 14.4. The quantitative estimate of drug-likeness (QED) is 0.858. The van der Waals surface area contributed by atoms with Gasteiger partial charge in [0.2, 0.25) is 0 Å². The number of hydrogen-bond acceptors (Lipinski definition) is 2. The molecule has 0 aliphatic heterocycles. The topological polar surface area (TPSA) is 35.2 Å². The molecule has 1 saturated carbocycles. The second-order valence-corrected chi connectivity index (χ2v) is 12.1. The van der Waals surface area contributed by atoms with Crippen molar-refractivity contribution < 1.29 is 4.43 Å². The molecule has 23 heavy (non-hydrogen) atoms. The smallest absolute Gasteiger partial charge is 0.261 e. The Morgan fingerprint density at radius 3 is 1.70 bits per heavy atom. The average Bonchev–Trinajstić information content (AvgIpc) is 3.27. The van der Waals surface area contributed by atoms with Gasteiger partial charge in [0.1, 0.15) is 0 Å². The van der Waals surface area contributed by atoms with E-state index in [-0.39, 0.29) is 10.6 Å². The van der Waals surface area contributed by atoms with Gasteiger partial charge in [-0.3, -0.25) is 0 Å². The minimum absolute atomic E-state index is 0.0287. The van der Waals surface area contributed by atoms with E-state index >= 15 is 0 Å². The minimum atomic E-state index is -2.40. The van der Waals surface area contributed by atoms with Crippen LogP contribution in [-0.2, 0) is 4.43 Å². The van der Waals surface area contributed by atoms with Crippen molar-refractivity contribution in [2.75, 3.05) is 6.61 Å². The van der Waals surface area contributed by atoms with Crippen LogP contribution < -0.4 is 16.1 Å². The third-order valence-electron chi connectivity index (χ3n) is 4.89. The van der Waals surface area contributed by atoms with Crippen molar-refractivity contribution in [3.63, 3.8) is 0 Å². The van der Waals surface area contributed by atoms with Crippen LogP contribution in [0.5, 0.6) is 0 Å². The van der Waals surface area contributed by atoms with E-state index < -0.39 is 8.32 Å². The molecule has 0 heterocycles. The highest BCUT2D eigenvalue weighted by Crippen LogP contribution is 2.39. The first kappa shape index (κ1) is 16.4. The highest BCUT2D eigenvalue weighted by atomic mass is 28.4. The molecular weight excluding hydrogens is 298 g/mol. The van der Waals surface area contributed by atoms with Crippen molar-refractivity contribution in [2.24, 2.45) is 5.73 Å². The van der Waals surface area contributed by atoms with E-state index in [1.165, 1.54) is 10.4 Å². The minimum Gasteiger partial charge on any atom is -0.406 e. The van der Waals surface area contributed by atoms with Crippen LogP contribution in [0.15, 0.2) is 60.7 Å². The molecule has 0 amide bonds. The molecule has 0 aromatic heterocycles. The molecule has 0 atom stereocenters. The van der Waals surface area contributed by atoms with E-state index in [0.29, 0.717) is 6.61 Å². The Bertz CT molecular complexity index is 605. The van der Waals surface area contributed by atoms with Gasteiger partial charge in [-0.05, 0) is 28.3 Å². The first-order valence-electron chi connectivity index (χ1n) is 8.41. The first-order chi connectivity index (χ1) is 10.9. The fraction of sp³-hybridized carbons (Fsp3) is 0.400. The SMILES string of the molecule is CC(C)(C)[Si](OCC1(N)CC1)(c1ccccc1)c1ccccc1. The maximum Gasteiger partial charge on any atom is 0.261 e. The van der Waals surface area contributed by atoms with Crippen molar-refractivity contribution >= 4 is 18.7 Å². The summed E-state index contributed by atoms with van der Waals surface area (Å²) < 4.78 is 6.81. The lowest BCUT2D eigenvalue weighted by Gasteiger charge is -2.43. The molecule has 1 fully saturated rings. The Balaban J connectivity index is 2.13. The Morgan fingerprint density at radius 1 is 0.913 bits per heavy atom. The van der Waals surface area contributed by atoms with Crippen LogP contribution >= 0.6 is 0 Å². The summed E-state index contributed by atoms with van der Waals surface area (Å²) in [6.45, 7) is 7.56. The molecule has 2 aromatic rings. The predicted molar refractivity (Wildman–Crippen MR) is 99.7 cm³/mol. The largest absolute Gasteiger partial charge is 0.406 e. The van der Waals surface area contributed by atoms with E-state index in [9.17, 15) is 0 Å². The van der Waals surface area contributed by atoms with E-state index in [2.05, 4.69) is 81.4 Å². The van der Waals surface area contributed by atoms with Gasteiger partial charge in [0.25, 0.3) is 8.32 Å². The van der Waals surface area contributed by atoms with Gasteiger partial charge < -0.3 is 10.2 Å². The first-order valence-corrected chi connectivity index (χ1v) is 10.3. The third kappa shape index (κ3) is 3.14. The van der Waals surface area contributed by atoms with Crippen LogP contribution in [-0.4, -0.2) is 20.5 Å². The monoisotopic (exact) mass is 325 g/mol.